The van der Waals surface area contributed by atoms with E-state index in [2.05, 4.69) is 0 Å². The van der Waals surface area contributed by atoms with E-state index in [-0.39, 0.29) is 11.7 Å². The van der Waals surface area contributed by atoms with Crippen molar-refractivity contribution in [2.75, 3.05) is 33.4 Å². The number of rotatable bonds is 8. The Morgan fingerprint density at radius 3 is 2.45 bits per heavy atom. The van der Waals surface area contributed by atoms with Crippen LogP contribution >= 0.6 is 0 Å². The molecule has 0 aliphatic rings. The highest BCUT2D eigenvalue weighted by Gasteiger charge is 2.16. The van der Waals surface area contributed by atoms with Gasteiger partial charge < -0.3 is 20.1 Å². The van der Waals surface area contributed by atoms with Crippen molar-refractivity contribution in [2.24, 2.45) is 5.73 Å². The first-order valence-corrected chi connectivity index (χ1v) is 6.46. The lowest BCUT2D eigenvalue weighted by atomic mass is 10.3. The summed E-state index contributed by atoms with van der Waals surface area (Å²) in [5.74, 6) is 0.0994. The molecule has 0 aliphatic heterocycles. The number of ether oxygens (including phenoxy) is 2. The Kier molecular flexibility index (Phi) is 6.97. The molecule has 2 N–H and O–H groups in total. The standard InChI is InChI=1S/C14H21FN2O3/c1-11(16)14(18)17(7-9-19-2)8-10-20-13-5-3-12(15)4-6-13/h3-6,11H,7-10,16H2,1-2H3/t11-/m1/s1. The first kappa shape index (κ1) is 16.4. The molecule has 0 saturated heterocycles. The molecule has 0 unspecified atom stereocenters. The van der Waals surface area contributed by atoms with Crippen molar-refractivity contribution in [2.45, 2.75) is 13.0 Å². The van der Waals surface area contributed by atoms with Crippen LogP contribution in [0.1, 0.15) is 6.92 Å². The minimum atomic E-state index is -0.558. The van der Waals surface area contributed by atoms with Crippen molar-refractivity contribution >= 4 is 5.91 Å². The van der Waals surface area contributed by atoms with Gasteiger partial charge in [-0.15, -0.1) is 0 Å². The molecule has 0 spiro atoms. The molecule has 0 aromatic heterocycles. The summed E-state index contributed by atoms with van der Waals surface area (Å²) in [4.78, 5) is 13.5. The third kappa shape index (κ3) is 5.54. The van der Waals surface area contributed by atoms with Gasteiger partial charge in [0, 0.05) is 13.7 Å². The number of carbonyl (C=O) groups is 1. The van der Waals surface area contributed by atoms with Crippen LogP contribution in [0.5, 0.6) is 5.75 Å². The quantitative estimate of drug-likeness (QED) is 0.774. The molecule has 1 aromatic rings. The van der Waals surface area contributed by atoms with E-state index in [1.54, 1.807) is 31.1 Å². The fourth-order valence-corrected chi connectivity index (χ4v) is 1.63. The topological polar surface area (TPSA) is 64.8 Å². The summed E-state index contributed by atoms with van der Waals surface area (Å²) in [7, 11) is 1.57. The predicted molar refractivity (Wildman–Crippen MR) is 74.0 cm³/mol. The number of benzene rings is 1. The summed E-state index contributed by atoms with van der Waals surface area (Å²) < 4.78 is 23.2. The number of hydrogen-bond donors (Lipinski definition) is 1. The molecule has 0 heterocycles. The van der Waals surface area contributed by atoms with Gasteiger partial charge in [-0.2, -0.15) is 0 Å². The van der Waals surface area contributed by atoms with Gasteiger partial charge in [0.1, 0.15) is 18.2 Å². The smallest absolute Gasteiger partial charge is 0.239 e. The van der Waals surface area contributed by atoms with Crippen molar-refractivity contribution in [3.05, 3.63) is 30.1 Å². The van der Waals surface area contributed by atoms with Crippen LogP contribution < -0.4 is 10.5 Å². The van der Waals surface area contributed by atoms with E-state index in [9.17, 15) is 9.18 Å². The maximum atomic E-state index is 12.7. The van der Waals surface area contributed by atoms with E-state index in [1.165, 1.54) is 12.1 Å². The Labute approximate surface area is 118 Å². The second-order valence-electron chi connectivity index (χ2n) is 4.41. The van der Waals surface area contributed by atoms with E-state index in [4.69, 9.17) is 15.2 Å². The maximum Gasteiger partial charge on any atom is 0.239 e. The van der Waals surface area contributed by atoms with E-state index in [0.29, 0.717) is 32.1 Å². The molecule has 0 bridgehead atoms. The van der Waals surface area contributed by atoms with Gasteiger partial charge in [0.05, 0.1) is 19.2 Å². The Bertz CT molecular complexity index is 409. The number of nitrogens with zero attached hydrogens (tertiary/aromatic N) is 1. The first-order chi connectivity index (χ1) is 9.54. The lowest BCUT2D eigenvalue weighted by molar-refractivity contribution is -0.133. The molecule has 20 heavy (non-hydrogen) atoms. The lowest BCUT2D eigenvalue weighted by Crippen LogP contribution is -2.45. The number of methoxy groups -OCH3 is 1. The number of carbonyl (C=O) groups excluding carboxylic acids is 1. The molecule has 0 fully saturated rings. The third-order valence-corrected chi connectivity index (χ3v) is 2.71. The molecule has 1 amide bonds. The van der Waals surface area contributed by atoms with Crippen LogP contribution in [-0.4, -0.2) is 50.3 Å². The SMILES string of the molecule is COCCN(CCOc1ccc(F)cc1)C(=O)[C@@H](C)N. The van der Waals surface area contributed by atoms with Gasteiger partial charge in [-0.3, -0.25) is 4.79 Å². The Hall–Kier alpha value is -1.66. The van der Waals surface area contributed by atoms with Crippen LogP contribution in [0.2, 0.25) is 0 Å². The molecule has 0 aliphatic carbocycles. The minimum Gasteiger partial charge on any atom is -0.492 e. The van der Waals surface area contributed by atoms with Crippen LogP contribution in [0.25, 0.3) is 0 Å². The normalized spacial score (nSPS) is 12.0. The number of nitrogens with two attached hydrogens (primary N) is 1. The molecule has 6 heteroatoms. The average Bonchev–Trinajstić information content (AvgIpc) is 2.43. The van der Waals surface area contributed by atoms with Gasteiger partial charge >= 0.3 is 0 Å². The molecule has 0 saturated carbocycles. The number of hydrogen-bond acceptors (Lipinski definition) is 4. The fourth-order valence-electron chi connectivity index (χ4n) is 1.63. The molecule has 1 aromatic carbocycles. The van der Waals surface area contributed by atoms with Gasteiger partial charge in [-0.25, -0.2) is 4.39 Å². The molecule has 1 rings (SSSR count). The van der Waals surface area contributed by atoms with Gasteiger partial charge in [0.25, 0.3) is 0 Å². The molecule has 1 atom stereocenters. The molecule has 112 valence electrons. The number of amides is 1. The van der Waals surface area contributed by atoms with Gasteiger partial charge in [0.15, 0.2) is 0 Å². The monoisotopic (exact) mass is 284 g/mol. The van der Waals surface area contributed by atoms with E-state index >= 15 is 0 Å². The van der Waals surface area contributed by atoms with Gasteiger partial charge in [-0.1, -0.05) is 0 Å². The van der Waals surface area contributed by atoms with Crippen molar-refractivity contribution in [3.63, 3.8) is 0 Å². The zero-order valence-electron chi connectivity index (χ0n) is 11.8. The van der Waals surface area contributed by atoms with E-state index in [1.807, 2.05) is 0 Å². The molecular formula is C14H21FN2O3. The zero-order chi connectivity index (χ0) is 15.0. The van der Waals surface area contributed by atoms with Gasteiger partial charge in [-0.05, 0) is 31.2 Å². The van der Waals surface area contributed by atoms with Gasteiger partial charge in [0.2, 0.25) is 5.91 Å². The Balaban J connectivity index is 2.45. The van der Waals surface area contributed by atoms with Crippen LogP contribution in [0.15, 0.2) is 24.3 Å². The maximum absolute atomic E-state index is 12.7. The highest BCUT2D eigenvalue weighted by atomic mass is 19.1. The Morgan fingerprint density at radius 2 is 1.90 bits per heavy atom. The third-order valence-electron chi connectivity index (χ3n) is 2.71. The predicted octanol–water partition coefficient (Wildman–Crippen LogP) is 1.03. The second-order valence-corrected chi connectivity index (χ2v) is 4.41. The highest BCUT2D eigenvalue weighted by Crippen LogP contribution is 2.10. The van der Waals surface area contributed by atoms with Crippen molar-refractivity contribution < 1.29 is 18.7 Å². The molecule has 5 nitrogen and oxygen atoms in total. The fraction of sp³-hybridized carbons (Fsp3) is 0.500. The summed E-state index contributed by atoms with van der Waals surface area (Å²) in [5, 5.41) is 0. The number of halogens is 1. The van der Waals surface area contributed by atoms with Crippen LogP contribution in [0, 0.1) is 5.82 Å². The summed E-state index contributed by atoms with van der Waals surface area (Å²) in [6, 6.07) is 5.18. The largest absolute Gasteiger partial charge is 0.492 e. The summed E-state index contributed by atoms with van der Waals surface area (Å²) in [6.45, 7) is 3.26. The Morgan fingerprint density at radius 1 is 1.30 bits per heavy atom. The van der Waals surface area contributed by atoms with Crippen LogP contribution in [-0.2, 0) is 9.53 Å². The minimum absolute atomic E-state index is 0.148. The first-order valence-electron chi connectivity index (χ1n) is 6.46. The summed E-state index contributed by atoms with van der Waals surface area (Å²) >= 11 is 0. The molecule has 0 radical (unpaired) electrons. The van der Waals surface area contributed by atoms with Crippen LogP contribution in [0.3, 0.4) is 0 Å². The summed E-state index contributed by atoms with van der Waals surface area (Å²) in [6.07, 6.45) is 0. The molecular weight excluding hydrogens is 263 g/mol. The zero-order valence-corrected chi connectivity index (χ0v) is 11.8. The van der Waals surface area contributed by atoms with E-state index < -0.39 is 6.04 Å². The average molecular weight is 284 g/mol. The second kappa shape index (κ2) is 8.50. The van der Waals surface area contributed by atoms with Crippen molar-refractivity contribution in [1.82, 2.24) is 4.90 Å². The van der Waals surface area contributed by atoms with Crippen LogP contribution in [0.4, 0.5) is 4.39 Å². The lowest BCUT2D eigenvalue weighted by Gasteiger charge is -2.24. The highest BCUT2D eigenvalue weighted by molar-refractivity contribution is 5.81. The van der Waals surface area contributed by atoms with Crippen molar-refractivity contribution in [1.29, 1.82) is 0 Å². The van der Waals surface area contributed by atoms with E-state index in [0.717, 1.165) is 0 Å². The summed E-state index contributed by atoms with van der Waals surface area (Å²) in [5.41, 5.74) is 5.59. The van der Waals surface area contributed by atoms with Crippen molar-refractivity contribution in [3.8, 4) is 5.75 Å².